The minimum Gasteiger partial charge on any atom is -0.377 e. The van der Waals surface area contributed by atoms with Crippen LogP contribution < -0.4 is 0 Å². The van der Waals surface area contributed by atoms with E-state index in [0.29, 0.717) is 0 Å². The standard InChI is InChI=1S/C6H12N2.C2H4/c1-6(5-7-2)8(3)4;1-2/h5H,1H2,2-4H3;1-2H2. The fourth-order valence-corrected chi connectivity index (χ4v) is 0.264. The highest BCUT2D eigenvalue weighted by molar-refractivity contribution is 5.76. The maximum absolute atomic E-state index is 3.79. The Bertz CT molecular complexity index is 114. The molecular weight excluding hydrogens is 124 g/mol. The molecule has 0 saturated carbocycles. The number of hydrogen-bond donors (Lipinski definition) is 0. The van der Waals surface area contributed by atoms with Crippen molar-refractivity contribution in [1.29, 1.82) is 0 Å². The fraction of sp³-hybridized carbons (Fsp3) is 0.375. The topological polar surface area (TPSA) is 15.6 Å². The van der Waals surface area contributed by atoms with Crippen LogP contribution in [0, 0.1) is 0 Å². The first-order valence-electron chi connectivity index (χ1n) is 2.97. The summed E-state index contributed by atoms with van der Waals surface area (Å²) in [7, 11) is 5.60. The highest BCUT2D eigenvalue weighted by atomic mass is 15.1. The zero-order chi connectivity index (χ0) is 8.57. The van der Waals surface area contributed by atoms with Crippen molar-refractivity contribution in [2.45, 2.75) is 0 Å². The molecule has 0 aromatic heterocycles. The van der Waals surface area contributed by atoms with Crippen LogP contribution in [-0.4, -0.2) is 32.3 Å². The molecule has 0 aromatic rings. The van der Waals surface area contributed by atoms with Gasteiger partial charge in [-0.05, 0) is 0 Å². The van der Waals surface area contributed by atoms with Gasteiger partial charge in [-0.1, -0.05) is 6.58 Å². The molecule has 0 rings (SSSR count). The summed E-state index contributed by atoms with van der Waals surface area (Å²) in [5.41, 5.74) is 0.924. The quantitative estimate of drug-likeness (QED) is 0.420. The van der Waals surface area contributed by atoms with Gasteiger partial charge in [0.1, 0.15) is 0 Å². The van der Waals surface area contributed by atoms with E-state index in [2.05, 4.69) is 24.7 Å². The SMILES string of the molecule is C=C.C=C(C=NC)N(C)C. The van der Waals surface area contributed by atoms with Crippen LogP contribution in [0.25, 0.3) is 0 Å². The zero-order valence-corrected chi connectivity index (χ0v) is 7.09. The van der Waals surface area contributed by atoms with E-state index in [-0.39, 0.29) is 0 Å². The van der Waals surface area contributed by atoms with Crippen molar-refractivity contribution in [3.05, 3.63) is 25.4 Å². The van der Waals surface area contributed by atoms with Crippen molar-refractivity contribution in [3.8, 4) is 0 Å². The van der Waals surface area contributed by atoms with E-state index >= 15 is 0 Å². The van der Waals surface area contributed by atoms with Crippen LogP contribution in [-0.2, 0) is 0 Å². The predicted octanol–water partition coefficient (Wildman–Crippen LogP) is 1.56. The van der Waals surface area contributed by atoms with E-state index in [9.17, 15) is 0 Å². The lowest BCUT2D eigenvalue weighted by molar-refractivity contribution is 0.544. The Labute approximate surface area is 63.6 Å². The van der Waals surface area contributed by atoms with E-state index in [1.807, 2.05) is 19.0 Å². The first kappa shape index (κ1) is 11.7. The number of allylic oxidation sites excluding steroid dienone is 1. The van der Waals surface area contributed by atoms with Gasteiger partial charge in [0, 0.05) is 33.1 Å². The molecule has 58 valence electrons. The molecule has 0 radical (unpaired) electrons. The Morgan fingerprint density at radius 2 is 1.80 bits per heavy atom. The van der Waals surface area contributed by atoms with E-state index in [1.54, 1.807) is 13.3 Å². The summed E-state index contributed by atoms with van der Waals surface area (Å²) in [6, 6.07) is 0. The molecule has 0 aliphatic rings. The van der Waals surface area contributed by atoms with Gasteiger partial charge in [-0.2, -0.15) is 0 Å². The van der Waals surface area contributed by atoms with Gasteiger partial charge in [0.25, 0.3) is 0 Å². The predicted molar refractivity (Wildman–Crippen MR) is 48.5 cm³/mol. The summed E-state index contributed by atoms with van der Waals surface area (Å²) in [6.07, 6.45) is 1.72. The molecule has 0 bridgehead atoms. The van der Waals surface area contributed by atoms with Gasteiger partial charge in [-0.3, -0.25) is 4.99 Å². The monoisotopic (exact) mass is 140 g/mol. The molecule has 2 nitrogen and oxygen atoms in total. The molecule has 0 spiro atoms. The van der Waals surface area contributed by atoms with E-state index in [0.717, 1.165) is 5.70 Å². The maximum atomic E-state index is 3.79. The molecule has 0 atom stereocenters. The molecular formula is C8H16N2. The van der Waals surface area contributed by atoms with Gasteiger partial charge in [-0.15, -0.1) is 13.2 Å². The molecule has 0 N–H and O–H groups in total. The van der Waals surface area contributed by atoms with Crippen LogP contribution in [0.2, 0.25) is 0 Å². The van der Waals surface area contributed by atoms with Crippen molar-refractivity contribution >= 4 is 6.21 Å². The summed E-state index contributed by atoms with van der Waals surface area (Å²) < 4.78 is 0. The van der Waals surface area contributed by atoms with Gasteiger partial charge < -0.3 is 4.90 Å². The molecule has 0 aliphatic carbocycles. The van der Waals surface area contributed by atoms with Gasteiger partial charge in [0.15, 0.2) is 0 Å². The van der Waals surface area contributed by atoms with Crippen LogP contribution >= 0.6 is 0 Å². The highest BCUT2D eigenvalue weighted by Crippen LogP contribution is 1.86. The minimum atomic E-state index is 0.924. The molecule has 0 unspecified atom stereocenters. The lowest BCUT2D eigenvalue weighted by Gasteiger charge is -2.09. The Balaban J connectivity index is 0. The number of aliphatic imine (C=N–C) groups is 1. The lowest BCUT2D eigenvalue weighted by Crippen LogP contribution is -2.10. The van der Waals surface area contributed by atoms with Crippen molar-refractivity contribution in [1.82, 2.24) is 4.90 Å². The highest BCUT2D eigenvalue weighted by Gasteiger charge is 1.85. The average Bonchev–Trinajstić information content (AvgIpc) is 1.93. The van der Waals surface area contributed by atoms with E-state index < -0.39 is 0 Å². The fourth-order valence-electron chi connectivity index (χ4n) is 0.264. The number of hydrogen-bond acceptors (Lipinski definition) is 2. The van der Waals surface area contributed by atoms with Crippen LogP contribution in [0.4, 0.5) is 0 Å². The van der Waals surface area contributed by atoms with E-state index in [1.165, 1.54) is 0 Å². The van der Waals surface area contributed by atoms with Crippen LogP contribution in [0.1, 0.15) is 0 Å². The molecule has 0 aliphatic heterocycles. The second-order valence-electron chi connectivity index (χ2n) is 1.77. The number of rotatable bonds is 2. The summed E-state index contributed by atoms with van der Waals surface area (Å²) in [6.45, 7) is 9.72. The smallest absolute Gasteiger partial charge is 0.0469 e. The van der Waals surface area contributed by atoms with Gasteiger partial charge >= 0.3 is 0 Å². The molecule has 0 aromatic carbocycles. The lowest BCUT2D eigenvalue weighted by atomic mass is 10.5. The van der Waals surface area contributed by atoms with Gasteiger partial charge in [-0.25, -0.2) is 0 Å². The molecule has 0 heterocycles. The first-order chi connectivity index (χ1) is 4.68. The molecule has 0 fully saturated rings. The Hall–Kier alpha value is -1.05. The Morgan fingerprint density at radius 1 is 1.40 bits per heavy atom. The molecule has 0 amide bonds. The minimum absolute atomic E-state index is 0.924. The Kier molecular flexibility index (Phi) is 9.31. The summed E-state index contributed by atoms with van der Waals surface area (Å²) >= 11 is 0. The molecule has 2 heteroatoms. The third-order valence-electron chi connectivity index (χ3n) is 0.853. The van der Waals surface area contributed by atoms with Crippen LogP contribution in [0.5, 0.6) is 0 Å². The summed E-state index contributed by atoms with van der Waals surface area (Å²) in [4.78, 5) is 5.70. The second kappa shape index (κ2) is 7.95. The summed E-state index contributed by atoms with van der Waals surface area (Å²) in [5.74, 6) is 0. The molecule has 0 saturated heterocycles. The normalized spacial score (nSPS) is 8.30. The largest absolute Gasteiger partial charge is 0.377 e. The van der Waals surface area contributed by atoms with Crippen LogP contribution in [0.15, 0.2) is 30.4 Å². The third-order valence-corrected chi connectivity index (χ3v) is 0.853. The third kappa shape index (κ3) is 6.95. The van der Waals surface area contributed by atoms with Gasteiger partial charge in [0.05, 0.1) is 0 Å². The van der Waals surface area contributed by atoms with Crippen molar-refractivity contribution in [2.24, 2.45) is 4.99 Å². The maximum Gasteiger partial charge on any atom is 0.0469 e. The first-order valence-corrected chi connectivity index (χ1v) is 2.97. The van der Waals surface area contributed by atoms with Gasteiger partial charge in [0.2, 0.25) is 0 Å². The van der Waals surface area contributed by atoms with Crippen molar-refractivity contribution in [2.75, 3.05) is 21.1 Å². The van der Waals surface area contributed by atoms with Crippen LogP contribution in [0.3, 0.4) is 0 Å². The van der Waals surface area contributed by atoms with Crippen molar-refractivity contribution < 1.29 is 0 Å². The molecule has 10 heavy (non-hydrogen) atoms. The average molecular weight is 140 g/mol. The van der Waals surface area contributed by atoms with Crippen molar-refractivity contribution in [3.63, 3.8) is 0 Å². The second-order valence-corrected chi connectivity index (χ2v) is 1.77. The Morgan fingerprint density at radius 3 is 1.90 bits per heavy atom. The zero-order valence-electron chi connectivity index (χ0n) is 7.09. The number of nitrogens with zero attached hydrogens (tertiary/aromatic N) is 2. The van der Waals surface area contributed by atoms with E-state index in [4.69, 9.17) is 0 Å². The summed E-state index contributed by atoms with van der Waals surface area (Å²) in [5, 5.41) is 0.